The van der Waals surface area contributed by atoms with Crippen LogP contribution in [0.3, 0.4) is 0 Å². The molecule has 25 heavy (non-hydrogen) atoms. The zero-order valence-electron chi connectivity index (χ0n) is 13.6. The average Bonchev–Trinajstić information content (AvgIpc) is 2.60. The van der Waals surface area contributed by atoms with Crippen LogP contribution in [-0.4, -0.2) is 31.2 Å². The van der Waals surface area contributed by atoms with Crippen LogP contribution in [0.15, 0.2) is 42.5 Å². The maximum Gasteiger partial charge on any atom is 0.337 e. The molecule has 130 valence electrons. The number of amides is 1. The summed E-state index contributed by atoms with van der Waals surface area (Å²) >= 11 is 5.80. The molecule has 0 unspecified atom stereocenters. The van der Waals surface area contributed by atoms with E-state index in [4.69, 9.17) is 21.1 Å². The second-order valence-corrected chi connectivity index (χ2v) is 5.37. The van der Waals surface area contributed by atoms with Crippen molar-refractivity contribution in [2.75, 3.05) is 19.5 Å². The van der Waals surface area contributed by atoms with Gasteiger partial charge in [-0.05, 0) is 23.8 Å². The lowest BCUT2D eigenvalue weighted by Crippen LogP contribution is -2.12. The molecule has 6 nitrogen and oxygen atoms in total. The van der Waals surface area contributed by atoms with Gasteiger partial charge in [0, 0.05) is 23.2 Å². The van der Waals surface area contributed by atoms with Crippen molar-refractivity contribution < 1.29 is 24.2 Å². The number of carboxylic acids is 1. The lowest BCUT2D eigenvalue weighted by molar-refractivity contribution is -0.111. The third kappa shape index (κ3) is 4.74. The Morgan fingerprint density at radius 3 is 2.24 bits per heavy atom. The van der Waals surface area contributed by atoms with Crippen molar-refractivity contribution >= 4 is 35.2 Å². The van der Waals surface area contributed by atoms with E-state index in [0.717, 1.165) is 5.56 Å². The Balaban J connectivity index is 2.24. The predicted molar refractivity (Wildman–Crippen MR) is 95.6 cm³/mol. The second kappa shape index (κ2) is 8.21. The third-order valence-corrected chi connectivity index (χ3v) is 3.56. The van der Waals surface area contributed by atoms with Crippen LogP contribution < -0.4 is 14.8 Å². The number of benzene rings is 2. The van der Waals surface area contributed by atoms with Crippen molar-refractivity contribution in [3.63, 3.8) is 0 Å². The maximum atomic E-state index is 12.1. The van der Waals surface area contributed by atoms with Gasteiger partial charge in [0.2, 0.25) is 5.91 Å². The standard InChI is InChI=1S/C18H16ClNO5/c1-24-15-9-13(18(22)23)14(10-16(15)25-2)20-17(21)8-5-11-3-6-12(19)7-4-11/h3-10H,1-2H3,(H,20,21)(H,22,23)/b8-5+. The van der Waals surface area contributed by atoms with Crippen LogP contribution in [0.4, 0.5) is 5.69 Å². The molecule has 0 aromatic heterocycles. The largest absolute Gasteiger partial charge is 0.493 e. The van der Waals surface area contributed by atoms with Crippen molar-refractivity contribution in [2.45, 2.75) is 0 Å². The highest BCUT2D eigenvalue weighted by molar-refractivity contribution is 6.30. The number of carbonyl (C=O) groups excluding carboxylic acids is 1. The van der Waals surface area contributed by atoms with Crippen LogP contribution in [0.2, 0.25) is 5.02 Å². The van der Waals surface area contributed by atoms with Gasteiger partial charge in [-0.3, -0.25) is 4.79 Å². The summed E-state index contributed by atoms with van der Waals surface area (Å²) in [5.41, 5.74) is 0.784. The van der Waals surface area contributed by atoms with Crippen LogP contribution >= 0.6 is 11.6 Å². The first-order chi connectivity index (χ1) is 11.9. The minimum Gasteiger partial charge on any atom is -0.493 e. The van der Waals surface area contributed by atoms with Crippen molar-refractivity contribution in [3.05, 3.63) is 58.6 Å². The molecule has 0 radical (unpaired) electrons. The number of halogens is 1. The molecule has 2 rings (SSSR count). The molecular weight excluding hydrogens is 346 g/mol. The molecule has 2 N–H and O–H groups in total. The van der Waals surface area contributed by atoms with E-state index in [1.807, 2.05) is 0 Å². The topological polar surface area (TPSA) is 84.9 Å². The number of anilines is 1. The quantitative estimate of drug-likeness (QED) is 0.766. The summed E-state index contributed by atoms with van der Waals surface area (Å²) in [5.74, 6) is -1.11. The number of carbonyl (C=O) groups is 2. The number of nitrogens with one attached hydrogen (secondary N) is 1. The first-order valence-electron chi connectivity index (χ1n) is 7.18. The summed E-state index contributed by atoms with van der Waals surface area (Å²) in [5, 5.41) is 12.4. The van der Waals surface area contributed by atoms with Gasteiger partial charge in [0.25, 0.3) is 0 Å². The molecular formula is C18H16ClNO5. The summed E-state index contributed by atoms with van der Waals surface area (Å²) in [6.45, 7) is 0. The number of hydrogen-bond donors (Lipinski definition) is 2. The third-order valence-electron chi connectivity index (χ3n) is 3.31. The van der Waals surface area contributed by atoms with Gasteiger partial charge in [-0.25, -0.2) is 4.79 Å². The molecule has 0 aliphatic carbocycles. The summed E-state index contributed by atoms with van der Waals surface area (Å²) < 4.78 is 10.2. The van der Waals surface area contributed by atoms with Gasteiger partial charge < -0.3 is 19.9 Å². The van der Waals surface area contributed by atoms with E-state index in [9.17, 15) is 14.7 Å². The number of aromatic carboxylic acids is 1. The summed E-state index contributed by atoms with van der Waals surface area (Å²) in [6, 6.07) is 9.61. The van der Waals surface area contributed by atoms with Crippen molar-refractivity contribution in [1.29, 1.82) is 0 Å². The molecule has 0 saturated carbocycles. The van der Waals surface area contributed by atoms with Crippen molar-refractivity contribution in [1.82, 2.24) is 0 Å². The lowest BCUT2D eigenvalue weighted by atomic mass is 10.1. The van der Waals surface area contributed by atoms with E-state index in [2.05, 4.69) is 5.32 Å². The molecule has 0 heterocycles. The SMILES string of the molecule is COc1cc(NC(=O)/C=C/c2ccc(Cl)cc2)c(C(=O)O)cc1OC. The molecule has 2 aromatic rings. The Labute approximate surface area is 149 Å². The smallest absolute Gasteiger partial charge is 0.337 e. The first kappa shape index (κ1) is 18.4. The van der Waals surface area contributed by atoms with Crippen molar-refractivity contribution in [3.8, 4) is 11.5 Å². The summed E-state index contributed by atoms with van der Waals surface area (Å²) in [6.07, 6.45) is 2.89. The van der Waals surface area contributed by atoms with E-state index in [-0.39, 0.29) is 17.0 Å². The Hall–Kier alpha value is -2.99. The predicted octanol–water partition coefficient (Wildman–Crippen LogP) is 3.71. The van der Waals surface area contributed by atoms with E-state index in [0.29, 0.717) is 10.8 Å². The highest BCUT2D eigenvalue weighted by Crippen LogP contribution is 2.33. The first-order valence-corrected chi connectivity index (χ1v) is 7.56. The van der Waals surface area contributed by atoms with Gasteiger partial charge in [0.1, 0.15) is 0 Å². The summed E-state index contributed by atoms with van der Waals surface area (Å²) in [4.78, 5) is 23.5. The number of hydrogen-bond acceptors (Lipinski definition) is 4. The van der Waals surface area contributed by atoms with Crippen molar-refractivity contribution in [2.24, 2.45) is 0 Å². The second-order valence-electron chi connectivity index (χ2n) is 4.93. The zero-order chi connectivity index (χ0) is 18.4. The Bertz CT molecular complexity index is 815. The zero-order valence-corrected chi connectivity index (χ0v) is 14.3. The van der Waals surface area contributed by atoms with Gasteiger partial charge >= 0.3 is 5.97 Å². The Kier molecular flexibility index (Phi) is 6.03. The monoisotopic (exact) mass is 361 g/mol. The number of carboxylic acid groups (broad SMARTS) is 1. The van der Waals surface area contributed by atoms with Gasteiger partial charge in [0.05, 0.1) is 25.5 Å². The molecule has 0 saturated heterocycles. The molecule has 0 spiro atoms. The van der Waals surface area contributed by atoms with Gasteiger partial charge in [-0.2, -0.15) is 0 Å². The van der Waals surface area contributed by atoms with E-state index < -0.39 is 11.9 Å². The molecule has 2 aromatic carbocycles. The average molecular weight is 362 g/mol. The maximum absolute atomic E-state index is 12.1. The van der Waals surface area contributed by atoms with Crippen LogP contribution in [0.5, 0.6) is 11.5 Å². The highest BCUT2D eigenvalue weighted by atomic mass is 35.5. The number of ether oxygens (including phenoxy) is 2. The molecule has 0 fully saturated rings. The summed E-state index contributed by atoms with van der Waals surface area (Å²) in [7, 11) is 2.82. The molecule has 0 aliphatic rings. The molecule has 7 heteroatoms. The fourth-order valence-corrected chi connectivity index (χ4v) is 2.21. The van der Waals surface area contributed by atoms with Crippen LogP contribution in [0.25, 0.3) is 6.08 Å². The fourth-order valence-electron chi connectivity index (χ4n) is 2.08. The lowest BCUT2D eigenvalue weighted by Gasteiger charge is -2.13. The van der Waals surface area contributed by atoms with Gasteiger partial charge in [-0.15, -0.1) is 0 Å². The highest BCUT2D eigenvalue weighted by Gasteiger charge is 2.17. The van der Waals surface area contributed by atoms with Gasteiger partial charge in [-0.1, -0.05) is 23.7 Å². The molecule has 0 aliphatic heterocycles. The minimum absolute atomic E-state index is 0.106. The van der Waals surface area contributed by atoms with E-state index in [1.54, 1.807) is 30.3 Å². The minimum atomic E-state index is -1.20. The number of methoxy groups -OCH3 is 2. The molecule has 1 amide bonds. The van der Waals surface area contributed by atoms with Crippen LogP contribution in [0, 0.1) is 0 Å². The van der Waals surface area contributed by atoms with Crippen LogP contribution in [0.1, 0.15) is 15.9 Å². The Morgan fingerprint density at radius 2 is 1.68 bits per heavy atom. The van der Waals surface area contributed by atoms with Gasteiger partial charge in [0.15, 0.2) is 11.5 Å². The van der Waals surface area contributed by atoms with E-state index >= 15 is 0 Å². The molecule has 0 atom stereocenters. The number of rotatable bonds is 6. The fraction of sp³-hybridized carbons (Fsp3) is 0.111. The van der Waals surface area contributed by atoms with E-state index in [1.165, 1.54) is 32.4 Å². The Morgan fingerprint density at radius 1 is 1.08 bits per heavy atom. The normalized spacial score (nSPS) is 10.5. The van der Waals surface area contributed by atoms with Crippen LogP contribution in [-0.2, 0) is 4.79 Å². The molecule has 0 bridgehead atoms.